The number of guanidine groups is 1. The van der Waals surface area contributed by atoms with Crippen LogP contribution < -0.4 is 16.0 Å². The van der Waals surface area contributed by atoms with E-state index in [2.05, 4.69) is 52.1 Å². The molecule has 6 nitrogen and oxygen atoms in total. The summed E-state index contributed by atoms with van der Waals surface area (Å²) in [5.41, 5.74) is 1.32. The van der Waals surface area contributed by atoms with Crippen LogP contribution in [0.3, 0.4) is 0 Å². The van der Waals surface area contributed by atoms with E-state index >= 15 is 0 Å². The fraction of sp³-hybridized carbons (Fsp3) is 0.400. The summed E-state index contributed by atoms with van der Waals surface area (Å²) in [7, 11) is 0. The number of benzene rings is 1. The summed E-state index contributed by atoms with van der Waals surface area (Å²) in [4.78, 5) is 16.3. The van der Waals surface area contributed by atoms with E-state index in [0.29, 0.717) is 12.5 Å². The van der Waals surface area contributed by atoms with Crippen LogP contribution in [0, 0.1) is 0 Å². The van der Waals surface area contributed by atoms with Crippen molar-refractivity contribution in [1.82, 2.24) is 16.0 Å². The van der Waals surface area contributed by atoms with Crippen molar-refractivity contribution in [2.75, 3.05) is 13.1 Å². The number of aliphatic imine (C=N–C) groups is 1. The highest BCUT2D eigenvalue weighted by Gasteiger charge is 2.07. The maximum atomic E-state index is 11.9. The highest BCUT2D eigenvalue weighted by Crippen LogP contribution is 2.04. The lowest BCUT2D eigenvalue weighted by Crippen LogP contribution is -2.43. The second-order valence-corrected chi connectivity index (χ2v) is 6.12. The topological polar surface area (TPSA) is 78.7 Å². The molecule has 1 amide bonds. The van der Waals surface area contributed by atoms with Gasteiger partial charge in [0.15, 0.2) is 5.96 Å². The summed E-state index contributed by atoms with van der Waals surface area (Å²) >= 11 is 0. The molecule has 1 atom stereocenters. The van der Waals surface area contributed by atoms with E-state index in [9.17, 15) is 4.79 Å². The molecule has 1 heterocycles. The first-order valence-corrected chi connectivity index (χ1v) is 9.05. The molecule has 148 valence electrons. The molecule has 1 aromatic carbocycles. The maximum Gasteiger partial charge on any atom is 0.242 e. The van der Waals surface area contributed by atoms with Gasteiger partial charge in [-0.05, 0) is 44.4 Å². The van der Waals surface area contributed by atoms with Gasteiger partial charge in [0.05, 0.1) is 12.8 Å². The van der Waals surface area contributed by atoms with Crippen LogP contribution in [0.1, 0.15) is 31.6 Å². The van der Waals surface area contributed by atoms with Crippen molar-refractivity contribution in [3.63, 3.8) is 0 Å². The lowest BCUT2D eigenvalue weighted by molar-refractivity contribution is -0.119. The number of carbonyl (C=O) groups excluding carboxylic acids is 1. The Kier molecular flexibility index (Phi) is 11.2. The van der Waals surface area contributed by atoms with Crippen molar-refractivity contribution in [1.29, 1.82) is 0 Å². The van der Waals surface area contributed by atoms with Crippen LogP contribution >= 0.6 is 24.0 Å². The van der Waals surface area contributed by atoms with Crippen molar-refractivity contribution in [2.45, 2.75) is 39.3 Å². The van der Waals surface area contributed by atoms with Crippen LogP contribution in [0.5, 0.6) is 0 Å². The second kappa shape index (κ2) is 13.2. The Bertz CT molecular complexity index is 675. The lowest BCUT2D eigenvalue weighted by Gasteiger charge is -2.17. The van der Waals surface area contributed by atoms with Gasteiger partial charge in [-0.1, -0.05) is 30.3 Å². The Balaban J connectivity index is 0.00000364. The third-order valence-corrected chi connectivity index (χ3v) is 3.86. The van der Waals surface area contributed by atoms with Gasteiger partial charge in [-0.25, -0.2) is 4.99 Å². The third kappa shape index (κ3) is 9.46. The van der Waals surface area contributed by atoms with E-state index < -0.39 is 0 Å². The summed E-state index contributed by atoms with van der Waals surface area (Å²) in [6, 6.07) is 14.3. The number of hydrogen-bond acceptors (Lipinski definition) is 3. The summed E-state index contributed by atoms with van der Waals surface area (Å²) in [6.07, 6.45) is 3.57. The van der Waals surface area contributed by atoms with Gasteiger partial charge in [-0.2, -0.15) is 0 Å². The molecule has 3 N–H and O–H groups in total. The number of amides is 1. The van der Waals surface area contributed by atoms with Crippen LogP contribution in [-0.2, 0) is 17.8 Å². The molecule has 2 rings (SSSR count). The predicted octanol–water partition coefficient (Wildman–Crippen LogP) is 3.09. The van der Waals surface area contributed by atoms with Gasteiger partial charge in [0.2, 0.25) is 5.91 Å². The first-order chi connectivity index (χ1) is 12.7. The Morgan fingerprint density at radius 2 is 1.93 bits per heavy atom. The molecule has 27 heavy (non-hydrogen) atoms. The lowest BCUT2D eigenvalue weighted by atomic mass is 10.1. The van der Waals surface area contributed by atoms with Crippen molar-refractivity contribution < 1.29 is 9.21 Å². The van der Waals surface area contributed by atoms with E-state index in [1.165, 1.54) is 5.56 Å². The minimum atomic E-state index is -0.143. The largest absolute Gasteiger partial charge is 0.467 e. The monoisotopic (exact) mass is 484 g/mol. The quantitative estimate of drug-likeness (QED) is 0.291. The number of nitrogens with one attached hydrogen (secondary N) is 3. The molecule has 1 aromatic heterocycles. The molecule has 7 heteroatoms. The second-order valence-electron chi connectivity index (χ2n) is 6.12. The molecule has 0 fully saturated rings. The minimum Gasteiger partial charge on any atom is -0.467 e. The maximum absolute atomic E-state index is 11.9. The van der Waals surface area contributed by atoms with Gasteiger partial charge < -0.3 is 20.4 Å². The smallest absolute Gasteiger partial charge is 0.242 e. The van der Waals surface area contributed by atoms with Crippen molar-refractivity contribution in [3.8, 4) is 0 Å². The molecule has 0 aliphatic heterocycles. The highest BCUT2D eigenvalue weighted by atomic mass is 127. The SMILES string of the molecule is CCNC(=NCC(=O)NCc1ccco1)NC(C)CCc1ccccc1.I. The average molecular weight is 484 g/mol. The number of carbonyl (C=O) groups is 1. The standard InChI is InChI=1S/C20H28N4O2.HI/c1-3-21-20(23-15-19(25)22-14-18-10-7-13-26-18)24-16(2)11-12-17-8-5-4-6-9-17;/h4-10,13,16H,3,11-12,14-15H2,1-2H3,(H,22,25)(H2,21,23,24);1H. The summed E-state index contributed by atoms with van der Waals surface area (Å²) < 4.78 is 5.19. The summed E-state index contributed by atoms with van der Waals surface area (Å²) in [6.45, 7) is 5.31. The summed E-state index contributed by atoms with van der Waals surface area (Å²) in [5.74, 6) is 1.23. The summed E-state index contributed by atoms with van der Waals surface area (Å²) in [5, 5.41) is 9.32. The molecular formula is C20H29IN4O2. The van der Waals surface area contributed by atoms with Crippen LogP contribution in [-0.4, -0.2) is 31.0 Å². The van der Waals surface area contributed by atoms with Crippen molar-refractivity contribution in [3.05, 3.63) is 60.1 Å². The number of furan rings is 1. The van der Waals surface area contributed by atoms with Crippen LogP contribution in [0.4, 0.5) is 0 Å². The van der Waals surface area contributed by atoms with Gasteiger partial charge in [0.1, 0.15) is 12.3 Å². The van der Waals surface area contributed by atoms with Gasteiger partial charge in [0.25, 0.3) is 0 Å². The van der Waals surface area contributed by atoms with Gasteiger partial charge in [-0.15, -0.1) is 24.0 Å². The van der Waals surface area contributed by atoms with Crippen molar-refractivity contribution >= 4 is 35.8 Å². The molecule has 0 aliphatic rings. The number of nitrogens with zero attached hydrogens (tertiary/aromatic N) is 1. The number of hydrogen-bond donors (Lipinski definition) is 3. The molecular weight excluding hydrogens is 455 g/mol. The van der Waals surface area contributed by atoms with E-state index in [1.807, 2.05) is 19.1 Å². The molecule has 0 aliphatic carbocycles. The van der Waals surface area contributed by atoms with Gasteiger partial charge >= 0.3 is 0 Å². The zero-order valence-electron chi connectivity index (χ0n) is 15.9. The molecule has 2 aromatic rings. The normalized spacial score (nSPS) is 12.0. The van der Waals surface area contributed by atoms with Crippen molar-refractivity contribution in [2.24, 2.45) is 4.99 Å². The highest BCUT2D eigenvalue weighted by molar-refractivity contribution is 14.0. The first-order valence-electron chi connectivity index (χ1n) is 9.05. The third-order valence-electron chi connectivity index (χ3n) is 3.86. The molecule has 0 bridgehead atoms. The van der Waals surface area contributed by atoms with E-state index in [0.717, 1.165) is 25.1 Å². The first kappa shape index (κ1) is 23.0. The van der Waals surface area contributed by atoms with Gasteiger partial charge in [-0.3, -0.25) is 4.79 Å². The van der Waals surface area contributed by atoms with E-state index in [-0.39, 0.29) is 42.5 Å². The zero-order valence-corrected chi connectivity index (χ0v) is 18.2. The molecule has 0 saturated heterocycles. The molecule has 1 unspecified atom stereocenters. The number of aryl methyl sites for hydroxylation is 1. The molecule has 0 spiro atoms. The van der Waals surface area contributed by atoms with Crippen LogP contribution in [0.15, 0.2) is 58.1 Å². The van der Waals surface area contributed by atoms with E-state index in [4.69, 9.17) is 4.42 Å². The average Bonchev–Trinajstić information content (AvgIpc) is 3.17. The Morgan fingerprint density at radius 1 is 1.15 bits per heavy atom. The fourth-order valence-corrected chi connectivity index (χ4v) is 2.46. The van der Waals surface area contributed by atoms with Gasteiger partial charge in [0, 0.05) is 12.6 Å². The Hall–Kier alpha value is -2.03. The Labute approximate surface area is 178 Å². The number of halogens is 1. The minimum absolute atomic E-state index is 0. The fourth-order valence-electron chi connectivity index (χ4n) is 2.46. The van der Waals surface area contributed by atoms with E-state index in [1.54, 1.807) is 12.3 Å². The predicted molar refractivity (Wildman–Crippen MR) is 119 cm³/mol. The Morgan fingerprint density at radius 3 is 2.59 bits per heavy atom. The van der Waals surface area contributed by atoms with Crippen LogP contribution in [0.2, 0.25) is 0 Å². The number of rotatable bonds is 9. The van der Waals surface area contributed by atoms with Crippen LogP contribution in [0.25, 0.3) is 0 Å². The molecule has 0 saturated carbocycles. The molecule has 0 radical (unpaired) electrons. The zero-order chi connectivity index (χ0) is 18.6.